The summed E-state index contributed by atoms with van der Waals surface area (Å²) in [5, 5.41) is 3.03. The van der Waals surface area contributed by atoms with E-state index in [0.717, 1.165) is 43.0 Å². The Morgan fingerprint density at radius 3 is 2.83 bits per heavy atom. The number of rotatable bonds is 5. The third-order valence-electron chi connectivity index (χ3n) is 4.88. The van der Waals surface area contributed by atoms with Crippen LogP contribution >= 0.6 is 23.1 Å². The first-order valence-electron chi connectivity index (χ1n) is 9.42. The van der Waals surface area contributed by atoms with Crippen molar-refractivity contribution in [1.82, 2.24) is 14.9 Å². The topological polar surface area (TPSA) is 116 Å². The molecule has 3 N–H and O–H groups in total. The molecule has 10 heteroatoms. The standard InChI is InChI=1S/C20H20N4O4S2/c1-28-13-8-4-3-7-12(13)24-18(26)16-11-6-2-5-9-14(11)30-17(16)23-20(24)29-10-15(25)22-19(21)27/h3-4,7-8H,2,5-6,9-10H2,1H3,(H3,21,22,25,27). The average Bonchev–Trinajstić information content (AvgIpc) is 3.10. The van der Waals surface area contributed by atoms with E-state index < -0.39 is 11.9 Å². The first-order valence-corrected chi connectivity index (χ1v) is 11.2. The summed E-state index contributed by atoms with van der Waals surface area (Å²) in [6, 6.07) is 6.26. The quantitative estimate of drug-likeness (QED) is 0.462. The van der Waals surface area contributed by atoms with Crippen molar-refractivity contribution in [3.05, 3.63) is 45.1 Å². The largest absolute Gasteiger partial charge is 0.495 e. The van der Waals surface area contributed by atoms with Crippen LogP contribution in [-0.4, -0.2) is 34.4 Å². The average molecular weight is 445 g/mol. The van der Waals surface area contributed by atoms with Crippen LogP contribution in [-0.2, 0) is 17.6 Å². The zero-order valence-corrected chi connectivity index (χ0v) is 17.9. The third-order valence-corrected chi connectivity index (χ3v) is 7.00. The summed E-state index contributed by atoms with van der Waals surface area (Å²) in [7, 11) is 1.54. The van der Waals surface area contributed by atoms with Crippen molar-refractivity contribution in [3.63, 3.8) is 0 Å². The normalized spacial score (nSPS) is 13.1. The van der Waals surface area contributed by atoms with Crippen molar-refractivity contribution in [2.45, 2.75) is 30.8 Å². The lowest BCUT2D eigenvalue weighted by Gasteiger charge is -2.15. The van der Waals surface area contributed by atoms with Gasteiger partial charge in [-0.15, -0.1) is 11.3 Å². The molecule has 8 nitrogen and oxygen atoms in total. The van der Waals surface area contributed by atoms with E-state index in [2.05, 4.69) is 0 Å². The van der Waals surface area contributed by atoms with Crippen molar-refractivity contribution in [2.24, 2.45) is 5.73 Å². The Balaban J connectivity index is 1.89. The summed E-state index contributed by atoms with van der Waals surface area (Å²) < 4.78 is 6.95. The summed E-state index contributed by atoms with van der Waals surface area (Å²) in [5.74, 6) is -0.145. The molecule has 0 aliphatic heterocycles. The van der Waals surface area contributed by atoms with E-state index in [1.807, 2.05) is 17.4 Å². The maximum absolute atomic E-state index is 13.7. The van der Waals surface area contributed by atoms with E-state index in [1.165, 1.54) is 16.6 Å². The van der Waals surface area contributed by atoms with Gasteiger partial charge < -0.3 is 10.5 Å². The first-order chi connectivity index (χ1) is 14.5. The first kappa shape index (κ1) is 20.4. The number of aromatic nitrogens is 2. The van der Waals surface area contributed by atoms with Gasteiger partial charge in [-0.05, 0) is 43.4 Å². The Bertz CT molecular complexity index is 1200. The molecule has 2 aromatic heterocycles. The van der Waals surface area contributed by atoms with E-state index in [4.69, 9.17) is 15.5 Å². The molecule has 156 valence electrons. The van der Waals surface area contributed by atoms with Crippen LogP contribution in [0.15, 0.2) is 34.2 Å². The van der Waals surface area contributed by atoms with Gasteiger partial charge in [0.2, 0.25) is 5.91 Å². The van der Waals surface area contributed by atoms with Crippen LogP contribution in [0.5, 0.6) is 5.75 Å². The second-order valence-corrected chi connectivity index (χ2v) is 8.83. The third kappa shape index (κ3) is 3.80. The number of ether oxygens (including phenoxy) is 1. The molecule has 0 saturated carbocycles. The number of thiophene rings is 1. The van der Waals surface area contributed by atoms with Gasteiger partial charge in [-0.25, -0.2) is 9.78 Å². The van der Waals surface area contributed by atoms with E-state index in [-0.39, 0.29) is 11.3 Å². The van der Waals surface area contributed by atoms with E-state index in [1.54, 1.807) is 23.5 Å². The molecule has 4 rings (SSSR count). The van der Waals surface area contributed by atoms with E-state index >= 15 is 0 Å². The molecule has 2 heterocycles. The fourth-order valence-corrected chi connectivity index (χ4v) is 5.72. The van der Waals surface area contributed by atoms with Crippen LogP contribution in [0.3, 0.4) is 0 Å². The van der Waals surface area contributed by atoms with E-state index in [9.17, 15) is 14.4 Å². The number of methoxy groups -OCH3 is 1. The zero-order chi connectivity index (χ0) is 21.3. The van der Waals surface area contributed by atoms with E-state index in [0.29, 0.717) is 26.8 Å². The van der Waals surface area contributed by atoms with Crippen molar-refractivity contribution < 1.29 is 14.3 Å². The summed E-state index contributed by atoms with van der Waals surface area (Å²) >= 11 is 2.61. The zero-order valence-electron chi connectivity index (χ0n) is 16.3. The Morgan fingerprint density at radius 1 is 1.30 bits per heavy atom. The second kappa shape index (κ2) is 8.49. The number of hydrogen-bond donors (Lipinski definition) is 2. The Hall–Kier alpha value is -2.85. The number of fused-ring (bicyclic) bond motifs is 3. The summed E-state index contributed by atoms with van der Waals surface area (Å²) in [6.07, 6.45) is 3.98. The number of carbonyl (C=O) groups excluding carboxylic acids is 2. The molecule has 0 bridgehead atoms. The monoisotopic (exact) mass is 444 g/mol. The lowest BCUT2D eigenvalue weighted by molar-refractivity contribution is -0.117. The number of carbonyl (C=O) groups is 2. The number of amides is 3. The molecular formula is C20H20N4O4S2. The highest BCUT2D eigenvalue weighted by atomic mass is 32.2. The molecule has 0 radical (unpaired) electrons. The minimum Gasteiger partial charge on any atom is -0.495 e. The predicted molar refractivity (Wildman–Crippen MR) is 117 cm³/mol. The number of benzene rings is 1. The van der Waals surface area contributed by atoms with Crippen molar-refractivity contribution in [2.75, 3.05) is 12.9 Å². The van der Waals surface area contributed by atoms with Gasteiger partial charge in [0.15, 0.2) is 5.16 Å². The van der Waals surface area contributed by atoms with Crippen LogP contribution in [0.1, 0.15) is 23.3 Å². The smallest absolute Gasteiger partial charge is 0.318 e. The molecule has 3 aromatic rings. The van der Waals surface area contributed by atoms with Gasteiger partial charge >= 0.3 is 6.03 Å². The number of nitrogens with two attached hydrogens (primary N) is 1. The van der Waals surface area contributed by atoms with Gasteiger partial charge in [-0.2, -0.15) is 0 Å². The molecule has 1 aliphatic rings. The summed E-state index contributed by atoms with van der Waals surface area (Å²) in [6.45, 7) is 0. The highest BCUT2D eigenvalue weighted by Gasteiger charge is 2.24. The number of nitrogens with one attached hydrogen (secondary N) is 1. The van der Waals surface area contributed by atoms with Crippen molar-refractivity contribution in [3.8, 4) is 11.4 Å². The number of hydrogen-bond acceptors (Lipinski definition) is 7. The molecule has 0 spiro atoms. The van der Waals surface area contributed by atoms with Gasteiger partial charge in [0.05, 0.1) is 23.9 Å². The molecular weight excluding hydrogens is 424 g/mol. The van der Waals surface area contributed by atoms with Gasteiger partial charge in [0, 0.05) is 4.88 Å². The number of thioether (sulfide) groups is 1. The number of imide groups is 1. The van der Waals surface area contributed by atoms with Crippen LogP contribution in [0, 0.1) is 0 Å². The summed E-state index contributed by atoms with van der Waals surface area (Å²) in [4.78, 5) is 43.1. The minimum absolute atomic E-state index is 0.110. The number of urea groups is 1. The van der Waals surface area contributed by atoms with Crippen LogP contribution < -0.4 is 21.3 Å². The Kier molecular flexibility index (Phi) is 5.78. The van der Waals surface area contributed by atoms with Gasteiger partial charge in [-0.3, -0.25) is 19.5 Å². The number of aryl methyl sites for hydroxylation is 2. The SMILES string of the molecule is COc1ccccc1-n1c(SCC(=O)NC(N)=O)nc2sc3c(c2c1=O)CCCC3. The molecule has 0 saturated heterocycles. The fraction of sp³-hybridized carbons (Fsp3) is 0.300. The van der Waals surface area contributed by atoms with Gasteiger partial charge in [0.1, 0.15) is 10.6 Å². The molecule has 1 aliphatic carbocycles. The molecule has 0 unspecified atom stereocenters. The van der Waals surface area contributed by atoms with Crippen molar-refractivity contribution >= 4 is 45.3 Å². The number of para-hydroxylation sites is 2. The lowest BCUT2D eigenvalue weighted by Crippen LogP contribution is -2.36. The highest BCUT2D eigenvalue weighted by Crippen LogP contribution is 2.36. The van der Waals surface area contributed by atoms with Crippen LogP contribution in [0.2, 0.25) is 0 Å². The lowest BCUT2D eigenvalue weighted by atomic mass is 9.97. The van der Waals surface area contributed by atoms with Crippen LogP contribution in [0.4, 0.5) is 4.79 Å². The molecule has 0 fully saturated rings. The molecule has 3 amide bonds. The van der Waals surface area contributed by atoms with Gasteiger partial charge in [-0.1, -0.05) is 23.9 Å². The number of nitrogens with zero attached hydrogens (tertiary/aromatic N) is 2. The van der Waals surface area contributed by atoms with Crippen molar-refractivity contribution in [1.29, 1.82) is 0 Å². The minimum atomic E-state index is -0.919. The Labute approximate surface area is 180 Å². The predicted octanol–water partition coefficient (Wildman–Crippen LogP) is 2.62. The maximum atomic E-state index is 13.7. The molecule has 1 aromatic carbocycles. The molecule has 30 heavy (non-hydrogen) atoms. The number of primary amides is 1. The summed E-state index contributed by atoms with van der Waals surface area (Å²) in [5.41, 5.74) is 6.47. The fourth-order valence-electron chi connectivity index (χ4n) is 3.61. The Morgan fingerprint density at radius 2 is 2.07 bits per heavy atom. The van der Waals surface area contributed by atoms with Crippen LogP contribution in [0.25, 0.3) is 15.9 Å². The maximum Gasteiger partial charge on any atom is 0.318 e. The van der Waals surface area contributed by atoms with Gasteiger partial charge in [0.25, 0.3) is 5.56 Å². The second-order valence-electron chi connectivity index (χ2n) is 6.80. The molecule has 0 atom stereocenters. The highest BCUT2D eigenvalue weighted by molar-refractivity contribution is 7.99.